The Bertz CT molecular complexity index is 966. The van der Waals surface area contributed by atoms with Gasteiger partial charge in [-0.05, 0) is 31.7 Å². The molecular weight excluding hydrogens is 390 g/mol. The van der Waals surface area contributed by atoms with Gasteiger partial charge in [0.2, 0.25) is 11.8 Å². The molecule has 5 rings (SSSR count). The van der Waals surface area contributed by atoms with E-state index in [1.807, 2.05) is 52.8 Å². The van der Waals surface area contributed by atoms with Crippen molar-refractivity contribution in [3.05, 3.63) is 53.3 Å². The minimum Gasteiger partial charge on any atom is -0.342 e. The summed E-state index contributed by atoms with van der Waals surface area (Å²) in [5, 5.41) is 4.44. The zero-order chi connectivity index (χ0) is 21.5. The van der Waals surface area contributed by atoms with E-state index >= 15 is 0 Å². The van der Waals surface area contributed by atoms with Crippen molar-refractivity contribution in [2.45, 2.75) is 44.8 Å². The van der Waals surface area contributed by atoms with Gasteiger partial charge in [-0.1, -0.05) is 30.3 Å². The van der Waals surface area contributed by atoms with Gasteiger partial charge in [0.05, 0.1) is 24.2 Å². The number of nitrogens with zero attached hydrogens (tertiary/aromatic N) is 5. The predicted octanol–water partition coefficient (Wildman–Crippen LogP) is 2.12. The maximum atomic E-state index is 13.5. The highest BCUT2D eigenvalue weighted by molar-refractivity contribution is 5.85. The first-order valence-electron chi connectivity index (χ1n) is 11.4. The van der Waals surface area contributed by atoms with Crippen molar-refractivity contribution in [3.8, 4) is 0 Å². The lowest BCUT2D eigenvalue weighted by Gasteiger charge is -2.40. The van der Waals surface area contributed by atoms with E-state index in [0.29, 0.717) is 6.54 Å². The fourth-order valence-electron chi connectivity index (χ4n) is 5.73. The standard InChI is InChI=1S/C24H31N5O2/c1-17-19(13-26(2)25-17)14-27-15-20-12-21(24(31)28-10-6-7-11-28)23(29(20)22(30)16-27)18-8-4-3-5-9-18/h3-5,8-9,13,20-21,23H,6-7,10-12,14-16H2,1-2H3/t20-,21-,23-/m1/s1. The first-order valence-corrected chi connectivity index (χ1v) is 11.4. The Hall–Kier alpha value is -2.67. The molecule has 164 valence electrons. The summed E-state index contributed by atoms with van der Waals surface area (Å²) in [6.07, 6.45) is 4.94. The van der Waals surface area contributed by atoms with Crippen LogP contribution in [-0.2, 0) is 23.2 Å². The van der Waals surface area contributed by atoms with Gasteiger partial charge in [0.1, 0.15) is 0 Å². The summed E-state index contributed by atoms with van der Waals surface area (Å²) < 4.78 is 1.83. The Labute approximate surface area is 183 Å². The van der Waals surface area contributed by atoms with Gasteiger partial charge in [0.25, 0.3) is 0 Å². The summed E-state index contributed by atoms with van der Waals surface area (Å²) >= 11 is 0. The van der Waals surface area contributed by atoms with Crippen molar-refractivity contribution in [2.75, 3.05) is 26.2 Å². The Balaban J connectivity index is 1.41. The molecule has 0 radical (unpaired) electrons. The minimum atomic E-state index is -0.158. The monoisotopic (exact) mass is 421 g/mol. The first kappa shape index (κ1) is 20.2. The first-order chi connectivity index (χ1) is 15.0. The molecule has 1 aromatic carbocycles. The number of fused-ring (bicyclic) bond motifs is 1. The fourth-order valence-corrected chi connectivity index (χ4v) is 5.73. The van der Waals surface area contributed by atoms with Crippen LogP contribution in [0.2, 0.25) is 0 Å². The molecule has 3 aliphatic heterocycles. The van der Waals surface area contributed by atoms with Gasteiger partial charge in [-0.3, -0.25) is 19.2 Å². The van der Waals surface area contributed by atoms with Gasteiger partial charge in [-0.15, -0.1) is 0 Å². The molecule has 7 nitrogen and oxygen atoms in total. The average molecular weight is 422 g/mol. The fraction of sp³-hybridized carbons (Fsp3) is 0.542. The van der Waals surface area contributed by atoms with E-state index in [1.165, 1.54) is 0 Å². The van der Waals surface area contributed by atoms with Gasteiger partial charge in [-0.2, -0.15) is 5.10 Å². The molecular formula is C24H31N5O2. The third-order valence-corrected chi connectivity index (χ3v) is 7.10. The van der Waals surface area contributed by atoms with Crippen LogP contribution >= 0.6 is 0 Å². The molecule has 0 aliphatic carbocycles. The van der Waals surface area contributed by atoms with Gasteiger partial charge < -0.3 is 9.80 Å². The van der Waals surface area contributed by atoms with E-state index in [2.05, 4.69) is 22.1 Å². The van der Waals surface area contributed by atoms with Crippen LogP contribution < -0.4 is 0 Å². The molecule has 2 aromatic rings. The van der Waals surface area contributed by atoms with E-state index in [0.717, 1.165) is 62.3 Å². The van der Waals surface area contributed by atoms with Crippen molar-refractivity contribution in [1.82, 2.24) is 24.5 Å². The largest absolute Gasteiger partial charge is 0.342 e. The van der Waals surface area contributed by atoms with Crippen LogP contribution in [0.1, 0.15) is 42.1 Å². The molecule has 0 spiro atoms. The zero-order valence-corrected chi connectivity index (χ0v) is 18.4. The van der Waals surface area contributed by atoms with Crippen LogP contribution in [0.3, 0.4) is 0 Å². The van der Waals surface area contributed by atoms with Gasteiger partial charge in [-0.25, -0.2) is 0 Å². The number of hydrogen-bond donors (Lipinski definition) is 0. The molecule has 3 fully saturated rings. The van der Waals surface area contributed by atoms with Crippen LogP contribution in [-0.4, -0.2) is 68.5 Å². The van der Waals surface area contributed by atoms with Crippen LogP contribution in [0.5, 0.6) is 0 Å². The van der Waals surface area contributed by atoms with Crippen molar-refractivity contribution >= 4 is 11.8 Å². The number of amides is 2. The average Bonchev–Trinajstić information content (AvgIpc) is 3.48. The highest BCUT2D eigenvalue weighted by Gasteiger charge is 2.51. The number of aryl methyl sites for hydroxylation is 2. The molecule has 0 saturated carbocycles. The second-order valence-corrected chi connectivity index (χ2v) is 9.27. The molecule has 3 saturated heterocycles. The molecule has 0 unspecified atom stereocenters. The maximum absolute atomic E-state index is 13.5. The number of likely N-dealkylation sites (tertiary alicyclic amines) is 1. The lowest BCUT2D eigenvalue weighted by atomic mass is 9.92. The summed E-state index contributed by atoms with van der Waals surface area (Å²) in [6, 6.07) is 10.0. The van der Waals surface area contributed by atoms with Gasteiger partial charge in [0.15, 0.2) is 0 Å². The van der Waals surface area contributed by atoms with Crippen LogP contribution in [0.15, 0.2) is 36.5 Å². The highest BCUT2D eigenvalue weighted by Crippen LogP contribution is 2.44. The Morgan fingerprint density at radius 1 is 1.16 bits per heavy atom. The SMILES string of the molecule is Cc1nn(C)cc1CN1CC(=O)N2[C@H](C[C@@H](C(=O)N3CCCC3)[C@H]2c2ccccc2)C1. The van der Waals surface area contributed by atoms with E-state index in [1.54, 1.807) is 0 Å². The minimum absolute atomic E-state index is 0.0694. The van der Waals surface area contributed by atoms with Crippen molar-refractivity contribution in [1.29, 1.82) is 0 Å². The van der Waals surface area contributed by atoms with E-state index in [4.69, 9.17) is 0 Å². The van der Waals surface area contributed by atoms with Gasteiger partial charge in [0, 0.05) is 51.0 Å². The number of carbonyl (C=O) groups is 2. The molecule has 0 N–H and O–H groups in total. The molecule has 2 amide bonds. The quantitative estimate of drug-likeness (QED) is 0.759. The molecule has 3 atom stereocenters. The smallest absolute Gasteiger partial charge is 0.237 e. The summed E-state index contributed by atoms with van der Waals surface area (Å²) in [4.78, 5) is 33.1. The summed E-state index contributed by atoms with van der Waals surface area (Å²) in [5.74, 6) is 0.195. The Kier molecular flexibility index (Phi) is 5.30. The van der Waals surface area contributed by atoms with Gasteiger partial charge >= 0.3 is 0 Å². The third-order valence-electron chi connectivity index (χ3n) is 7.10. The molecule has 0 bridgehead atoms. The summed E-state index contributed by atoms with van der Waals surface area (Å²) in [7, 11) is 1.93. The highest BCUT2D eigenvalue weighted by atomic mass is 16.2. The molecule has 4 heterocycles. The topological polar surface area (TPSA) is 61.7 Å². The lowest BCUT2D eigenvalue weighted by molar-refractivity contribution is -0.142. The number of aromatic nitrogens is 2. The second kappa shape index (κ2) is 8.11. The number of benzene rings is 1. The number of hydrogen-bond acceptors (Lipinski definition) is 4. The molecule has 7 heteroatoms. The summed E-state index contributed by atoms with van der Waals surface area (Å²) in [6.45, 7) is 5.62. The van der Waals surface area contributed by atoms with E-state index < -0.39 is 0 Å². The van der Waals surface area contributed by atoms with E-state index in [9.17, 15) is 9.59 Å². The lowest BCUT2D eigenvalue weighted by Crippen LogP contribution is -2.54. The summed E-state index contributed by atoms with van der Waals surface area (Å²) in [5.41, 5.74) is 3.24. The maximum Gasteiger partial charge on any atom is 0.237 e. The molecule has 31 heavy (non-hydrogen) atoms. The van der Waals surface area contributed by atoms with Crippen LogP contribution in [0.4, 0.5) is 0 Å². The second-order valence-electron chi connectivity index (χ2n) is 9.27. The van der Waals surface area contributed by atoms with Crippen LogP contribution in [0.25, 0.3) is 0 Å². The third kappa shape index (κ3) is 3.76. The van der Waals surface area contributed by atoms with Crippen LogP contribution in [0, 0.1) is 12.8 Å². The Morgan fingerprint density at radius 3 is 2.58 bits per heavy atom. The van der Waals surface area contributed by atoms with E-state index in [-0.39, 0.29) is 29.8 Å². The Morgan fingerprint density at radius 2 is 1.90 bits per heavy atom. The van der Waals surface area contributed by atoms with Crippen molar-refractivity contribution in [3.63, 3.8) is 0 Å². The van der Waals surface area contributed by atoms with Crippen molar-refractivity contribution < 1.29 is 9.59 Å². The van der Waals surface area contributed by atoms with Crippen molar-refractivity contribution in [2.24, 2.45) is 13.0 Å². The normalized spacial score (nSPS) is 26.5. The predicted molar refractivity (Wildman–Crippen MR) is 117 cm³/mol. The number of rotatable bonds is 4. The zero-order valence-electron chi connectivity index (χ0n) is 18.4. The molecule has 3 aliphatic rings. The number of piperazine rings is 1. The molecule has 1 aromatic heterocycles. The number of carbonyl (C=O) groups excluding carboxylic acids is 2.